The maximum absolute atomic E-state index is 11.5. The van der Waals surface area contributed by atoms with Gasteiger partial charge in [-0.25, -0.2) is 8.42 Å². The van der Waals surface area contributed by atoms with Crippen LogP contribution in [0.15, 0.2) is 47.4 Å². The predicted molar refractivity (Wildman–Crippen MR) is 114 cm³/mol. The summed E-state index contributed by atoms with van der Waals surface area (Å²) in [5.41, 5.74) is 3.06. The molecule has 0 radical (unpaired) electrons. The molecule has 2 atom stereocenters. The minimum atomic E-state index is -3.18. The molecule has 0 aromatic heterocycles. The lowest BCUT2D eigenvalue weighted by atomic mass is 10.0. The third-order valence-electron chi connectivity index (χ3n) is 5.48. The van der Waals surface area contributed by atoms with Gasteiger partial charge < -0.3 is 4.74 Å². The summed E-state index contributed by atoms with van der Waals surface area (Å²) in [4.78, 5) is 2.79. The number of hydrogen-bond donors (Lipinski definition) is 0. The van der Waals surface area contributed by atoms with Gasteiger partial charge in [0.25, 0.3) is 0 Å². The van der Waals surface area contributed by atoms with Crippen LogP contribution in [0.25, 0.3) is 0 Å². The van der Waals surface area contributed by atoms with Crippen LogP contribution >= 0.6 is 0 Å². The zero-order valence-electron chi connectivity index (χ0n) is 17.3. The summed E-state index contributed by atoms with van der Waals surface area (Å²) in [6.45, 7) is 6.85. The summed E-state index contributed by atoms with van der Waals surface area (Å²) in [6, 6.07) is 15.4. The van der Waals surface area contributed by atoms with Gasteiger partial charge in [0.1, 0.15) is 5.75 Å². The zero-order chi connectivity index (χ0) is 21.0. The molecule has 1 aliphatic rings. The van der Waals surface area contributed by atoms with Crippen molar-refractivity contribution in [1.29, 1.82) is 5.26 Å². The molecule has 0 N–H and O–H groups in total. The van der Waals surface area contributed by atoms with Crippen LogP contribution in [0.3, 0.4) is 0 Å². The van der Waals surface area contributed by atoms with Crippen molar-refractivity contribution in [3.05, 3.63) is 59.2 Å². The topological polar surface area (TPSA) is 70.4 Å². The van der Waals surface area contributed by atoms with Crippen LogP contribution < -0.4 is 4.74 Å². The molecule has 6 heteroatoms. The second kappa shape index (κ2) is 8.98. The monoisotopic (exact) mass is 412 g/mol. The third kappa shape index (κ3) is 5.81. The van der Waals surface area contributed by atoms with E-state index in [1.54, 1.807) is 24.3 Å². The number of hydrogen-bond acceptors (Lipinski definition) is 5. The van der Waals surface area contributed by atoms with Crippen molar-refractivity contribution in [2.45, 2.75) is 37.6 Å². The van der Waals surface area contributed by atoms with E-state index in [2.05, 4.69) is 24.0 Å². The number of nitriles is 1. The number of sulfone groups is 1. The maximum atomic E-state index is 11.5. The maximum Gasteiger partial charge on any atom is 0.175 e. The van der Waals surface area contributed by atoms with Crippen molar-refractivity contribution in [2.24, 2.45) is 5.92 Å². The van der Waals surface area contributed by atoms with Crippen LogP contribution in [0.2, 0.25) is 0 Å². The number of ether oxygens (including phenoxy) is 1. The molecular weight excluding hydrogens is 384 g/mol. The molecule has 2 unspecified atom stereocenters. The highest BCUT2D eigenvalue weighted by Gasteiger charge is 2.29. The molecule has 0 bridgehead atoms. The lowest BCUT2D eigenvalue weighted by molar-refractivity contribution is 0.234. The van der Waals surface area contributed by atoms with Gasteiger partial charge in [0.2, 0.25) is 0 Å². The highest BCUT2D eigenvalue weighted by Crippen LogP contribution is 2.25. The molecule has 154 valence electrons. The predicted octanol–water partition coefficient (Wildman–Crippen LogP) is 3.60. The number of aryl methyl sites for hydroxylation is 1. The molecule has 1 aliphatic heterocycles. The minimum absolute atomic E-state index is 0.307. The van der Waals surface area contributed by atoms with Gasteiger partial charge in [-0.3, -0.25) is 4.90 Å². The van der Waals surface area contributed by atoms with Crippen LogP contribution in [0.1, 0.15) is 30.0 Å². The molecule has 0 saturated carbocycles. The normalized spacial score (nSPS) is 19.8. The van der Waals surface area contributed by atoms with Gasteiger partial charge >= 0.3 is 0 Å². The van der Waals surface area contributed by atoms with E-state index in [1.165, 1.54) is 11.8 Å². The first-order valence-electron chi connectivity index (χ1n) is 9.92. The molecule has 5 nitrogen and oxygen atoms in total. The van der Waals surface area contributed by atoms with E-state index in [0.29, 0.717) is 29.2 Å². The zero-order valence-corrected chi connectivity index (χ0v) is 18.1. The van der Waals surface area contributed by atoms with Gasteiger partial charge in [0.15, 0.2) is 9.84 Å². The first-order valence-corrected chi connectivity index (χ1v) is 11.8. The van der Waals surface area contributed by atoms with E-state index >= 15 is 0 Å². The van der Waals surface area contributed by atoms with Gasteiger partial charge in [-0.1, -0.05) is 6.07 Å². The third-order valence-corrected chi connectivity index (χ3v) is 6.61. The molecule has 0 amide bonds. The molecule has 3 rings (SSSR count). The molecular formula is C23H28N2O3S. The van der Waals surface area contributed by atoms with Crippen LogP contribution in [0.5, 0.6) is 5.75 Å². The second-order valence-corrected chi connectivity index (χ2v) is 10.1. The van der Waals surface area contributed by atoms with E-state index in [-0.39, 0.29) is 0 Å². The Hall–Kier alpha value is -2.36. The minimum Gasteiger partial charge on any atom is -0.493 e. The standard InChI is InChI=1S/C23H28N2O3S/c1-17-10-19(13-20(11-17)14-24)8-9-25-15-21(12-18(25)2)16-28-22-4-6-23(7-5-22)29(3,26)27/h4-7,10-11,13,18,21H,8-9,12,15-16H2,1-3H3. The first kappa shape index (κ1) is 21.4. The lowest BCUT2D eigenvalue weighted by Gasteiger charge is -2.21. The van der Waals surface area contributed by atoms with E-state index in [1.807, 2.05) is 19.1 Å². The van der Waals surface area contributed by atoms with Gasteiger partial charge in [0, 0.05) is 31.3 Å². The number of benzene rings is 2. The van der Waals surface area contributed by atoms with Gasteiger partial charge in [-0.15, -0.1) is 0 Å². The Morgan fingerprint density at radius 3 is 2.59 bits per heavy atom. The van der Waals surface area contributed by atoms with Crippen molar-refractivity contribution in [3.63, 3.8) is 0 Å². The molecule has 1 fully saturated rings. The van der Waals surface area contributed by atoms with Crippen molar-refractivity contribution < 1.29 is 13.2 Å². The molecule has 2 aromatic rings. The lowest BCUT2D eigenvalue weighted by Crippen LogP contribution is -2.29. The summed E-state index contributed by atoms with van der Waals surface area (Å²) < 4.78 is 29.0. The van der Waals surface area contributed by atoms with E-state index < -0.39 is 9.84 Å². The Bertz CT molecular complexity index is 994. The van der Waals surface area contributed by atoms with Crippen molar-refractivity contribution in [2.75, 3.05) is 26.0 Å². The summed E-state index contributed by atoms with van der Waals surface area (Å²) in [5, 5.41) is 9.15. The largest absolute Gasteiger partial charge is 0.493 e. The fourth-order valence-electron chi connectivity index (χ4n) is 3.99. The van der Waals surface area contributed by atoms with Crippen molar-refractivity contribution in [1.82, 2.24) is 4.90 Å². The fraction of sp³-hybridized carbons (Fsp3) is 0.435. The van der Waals surface area contributed by atoms with Crippen molar-refractivity contribution >= 4 is 9.84 Å². The summed E-state index contributed by atoms with van der Waals surface area (Å²) in [5.74, 6) is 1.15. The highest BCUT2D eigenvalue weighted by atomic mass is 32.2. The average molecular weight is 413 g/mol. The fourth-order valence-corrected chi connectivity index (χ4v) is 4.62. The number of nitrogens with zero attached hydrogens (tertiary/aromatic N) is 2. The first-order chi connectivity index (χ1) is 13.7. The molecule has 0 spiro atoms. The van der Waals surface area contributed by atoms with E-state index in [0.717, 1.165) is 37.1 Å². The molecule has 0 aliphatic carbocycles. The highest BCUT2D eigenvalue weighted by molar-refractivity contribution is 7.90. The Morgan fingerprint density at radius 2 is 1.93 bits per heavy atom. The summed E-state index contributed by atoms with van der Waals surface area (Å²) in [7, 11) is -3.18. The van der Waals surface area contributed by atoms with Crippen LogP contribution in [-0.2, 0) is 16.3 Å². The summed E-state index contributed by atoms with van der Waals surface area (Å²) >= 11 is 0. The Labute approximate surface area is 173 Å². The van der Waals surface area contributed by atoms with E-state index in [9.17, 15) is 8.42 Å². The average Bonchev–Trinajstić information content (AvgIpc) is 3.03. The van der Waals surface area contributed by atoms with Crippen LogP contribution in [-0.4, -0.2) is 45.3 Å². The summed E-state index contributed by atoms with van der Waals surface area (Å²) in [6.07, 6.45) is 3.22. The number of likely N-dealkylation sites (tertiary alicyclic amines) is 1. The van der Waals surface area contributed by atoms with E-state index in [4.69, 9.17) is 10.00 Å². The van der Waals surface area contributed by atoms with Gasteiger partial charge in [0.05, 0.1) is 23.1 Å². The van der Waals surface area contributed by atoms with Crippen LogP contribution in [0, 0.1) is 24.2 Å². The van der Waals surface area contributed by atoms with Gasteiger partial charge in [-0.05, 0) is 74.2 Å². The Balaban J connectivity index is 1.51. The SMILES string of the molecule is Cc1cc(C#N)cc(CCN2CC(COc3ccc(S(C)(=O)=O)cc3)CC2C)c1. The van der Waals surface area contributed by atoms with Crippen molar-refractivity contribution in [3.8, 4) is 11.8 Å². The quantitative estimate of drug-likeness (QED) is 0.695. The van der Waals surface area contributed by atoms with Gasteiger partial charge in [-0.2, -0.15) is 5.26 Å². The molecule has 2 aromatic carbocycles. The smallest absolute Gasteiger partial charge is 0.175 e. The Morgan fingerprint density at radius 1 is 1.21 bits per heavy atom. The molecule has 1 heterocycles. The second-order valence-electron chi connectivity index (χ2n) is 8.07. The molecule has 29 heavy (non-hydrogen) atoms. The molecule has 1 saturated heterocycles. The van der Waals surface area contributed by atoms with Crippen LogP contribution in [0.4, 0.5) is 0 Å². The Kier molecular flexibility index (Phi) is 6.61. The number of rotatable bonds is 7.